The zero-order chi connectivity index (χ0) is 20.9. The second kappa shape index (κ2) is 13.0. The van der Waals surface area contributed by atoms with Crippen LogP contribution in [0.4, 0.5) is 0 Å². The van der Waals surface area contributed by atoms with Gasteiger partial charge in [0.1, 0.15) is 24.2 Å². The molecule has 1 unspecified atom stereocenters. The van der Waals surface area contributed by atoms with Gasteiger partial charge in [-0.3, -0.25) is 0 Å². The number of unbranched alkanes of at least 4 members (excludes halogenated alkanes) is 1. The van der Waals surface area contributed by atoms with E-state index in [1.54, 1.807) is 7.11 Å². The Hall–Kier alpha value is -2.30. The monoisotopic (exact) mass is 397 g/mol. The van der Waals surface area contributed by atoms with Gasteiger partial charge < -0.3 is 19.5 Å². The molecule has 29 heavy (non-hydrogen) atoms. The van der Waals surface area contributed by atoms with Gasteiger partial charge in [0.15, 0.2) is 0 Å². The minimum absolute atomic E-state index is 0.0612. The Labute approximate surface area is 175 Å². The third kappa shape index (κ3) is 8.30. The van der Waals surface area contributed by atoms with Gasteiger partial charge in [0, 0.05) is 20.2 Å². The second-order valence-electron chi connectivity index (χ2n) is 7.26. The highest BCUT2D eigenvalue weighted by atomic mass is 16.5. The van der Waals surface area contributed by atoms with Crippen molar-refractivity contribution in [3.05, 3.63) is 77.1 Å². The fraction of sp³-hybridized carbons (Fsp3) is 0.440. The van der Waals surface area contributed by atoms with Crippen molar-refractivity contribution < 1.29 is 14.2 Å². The summed E-state index contributed by atoms with van der Waals surface area (Å²) in [6, 6.07) is 18.6. The summed E-state index contributed by atoms with van der Waals surface area (Å²) in [5.74, 6) is 1.78. The molecular weight excluding hydrogens is 362 g/mol. The number of rotatable bonds is 13. The number of benzene rings is 2. The van der Waals surface area contributed by atoms with E-state index < -0.39 is 0 Å². The lowest BCUT2D eigenvalue weighted by Gasteiger charge is -2.20. The maximum Gasteiger partial charge on any atom is 0.123 e. The van der Waals surface area contributed by atoms with E-state index in [0.717, 1.165) is 55.2 Å². The van der Waals surface area contributed by atoms with Gasteiger partial charge in [0.25, 0.3) is 0 Å². The fourth-order valence-corrected chi connectivity index (χ4v) is 2.93. The highest BCUT2D eigenvalue weighted by Crippen LogP contribution is 2.24. The quantitative estimate of drug-likeness (QED) is 0.350. The van der Waals surface area contributed by atoms with Crippen LogP contribution in [0.2, 0.25) is 0 Å². The van der Waals surface area contributed by atoms with E-state index in [0.29, 0.717) is 6.61 Å². The molecule has 2 rings (SSSR count). The van der Waals surface area contributed by atoms with Crippen molar-refractivity contribution in [2.75, 3.05) is 26.9 Å². The number of methoxy groups -OCH3 is 1. The Balaban J connectivity index is 1.92. The van der Waals surface area contributed by atoms with E-state index in [9.17, 15) is 0 Å². The van der Waals surface area contributed by atoms with Crippen LogP contribution in [-0.2, 0) is 16.0 Å². The van der Waals surface area contributed by atoms with Gasteiger partial charge >= 0.3 is 0 Å². The summed E-state index contributed by atoms with van der Waals surface area (Å²) in [6.07, 6.45) is 2.15. The van der Waals surface area contributed by atoms with Gasteiger partial charge in [-0.1, -0.05) is 55.8 Å². The van der Waals surface area contributed by atoms with Gasteiger partial charge in [-0.15, -0.1) is 0 Å². The highest BCUT2D eigenvalue weighted by Gasteiger charge is 2.12. The molecular formula is C25H35NO3. The van der Waals surface area contributed by atoms with Gasteiger partial charge in [-0.25, -0.2) is 0 Å². The van der Waals surface area contributed by atoms with E-state index in [1.807, 2.05) is 18.2 Å². The van der Waals surface area contributed by atoms with Crippen molar-refractivity contribution in [1.82, 2.24) is 5.32 Å². The molecule has 4 nitrogen and oxygen atoms in total. The smallest absolute Gasteiger partial charge is 0.123 e. The lowest BCUT2D eigenvalue weighted by atomic mass is 10.1. The largest absolute Gasteiger partial charge is 0.494 e. The van der Waals surface area contributed by atoms with Crippen molar-refractivity contribution in [2.45, 2.75) is 46.3 Å². The van der Waals surface area contributed by atoms with Gasteiger partial charge in [-0.2, -0.15) is 0 Å². The lowest BCUT2D eigenvalue weighted by Crippen LogP contribution is -2.18. The van der Waals surface area contributed by atoms with E-state index in [2.05, 4.69) is 62.5 Å². The molecule has 2 aromatic rings. The number of hydrogen-bond acceptors (Lipinski definition) is 4. The van der Waals surface area contributed by atoms with Crippen LogP contribution >= 0.6 is 0 Å². The molecule has 1 N–H and O–H groups in total. The summed E-state index contributed by atoms with van der Waals surface area (Å²) < 4.78 is 17.4. The normalized spacial score (nSPS) is 13.0. The van der Waals surface area contributed by atoms with E-state index in [4.69, 9.17) is 14.2 Å². The summed E-state index contributed by atoms with van der Waals surface area (Å²) in [4.78, 5) is 0. The molecule has 0 amide bonds. The molecule has 0 spiro atoms. The van der Waals surface area contributed by atoms with Crippen molar-refractivity contribution in [3.8, 4) is 5.75 Å². The summed E-state index contributed by atoms with van der Waals surface area (Å²) in [5.41, 5.74) is 3.53. The molecule has 1 atom stereocenters. The Bertz CT molecular complexity index is 725. The van der Waals surface area contributed by atoms with Crippen molar-refractivity contribution >= 4 is 0 Å². The third-order valence-electron chi connectivity index (χ3n) is 4.75. The molecule has 0 aliphatic rings. The molecule has 0 saturated carbocycles. The minimum atomic E-state index is -0.0612. The predicted octanol–water partition coefficient (Wildman–Crippen LogP) is 5.65. The minimum Gasteiger partial charge on any atom is -0.494 e. The number of ether oxygens (including phenoxy) is 3. The molecule has 0 heterocycles. The summed E-state index contributed by atoms with van der Waals surface area (Å²) in [5, 5.41) is 3.48. The van der Waals surface area contributed by atoms with Crippen molar-refractivity contribution in [2.24, 2.45) is 0 Å². The molecule has 0 aliphatic heterocycles. The molecule has 4 heteroatoms. The fourth-order valence-electron chi connectivity index (χ4n) is 2.93. The van der Waals surface area contributed by atoms with Crippen LogP contribution in [0.1, 0.15) is 50.8 Å². The van der Waals surface area contributed by atoms with Crippen molar-refractivity contribution in [3.63, 3.8) is 0 Å². The zero-order valence-corrected chi connectivity index (χ0v) is 18.2. The van der Waals surface area contributed by atoms with Crippen LogP contribution in [0.15, 0.2) is 65.9 Å². The van der Waals surface area contributed by atoms with Crippen LogP contribution < -0.4 is 10.1 Å². The highest BCUT2D eigenvalue weighted by molar-refractivity contribution is 5.28. The first kappa shape index (κ1) is 23.0. The first-order valence-corrected chi connectivity index (χ1v) is 10.5. The third-order valence-corrected chi connectivity index (χ3v) is 4.75. The van der Waals surface area contributed by atoms with Crippen LogP contribution in [0.25, 0.3) is 0 Å². The maximum atomic E-state index is 6.25. The predicted molar refractivity (Wildman–Crippen MR) is 119 cm³/mol. The Morgan fingerprint density at radius 1 is 1.03 bits per heavy atom. The molecule has 0 aliphatic carbocycles. The standard InChI is InChI=1S/C25H35NO3/c1-5-6-16-28-24-14-12-23(13-15-24)21(3)29-25(19-27-4)20(2)17-26-18-22-10-8-7-9-11-22/h7-15,21,26H,5-6,16-19H2,1-4H3/b25-20+. The Kier molecular flexibility index (Phi) is 10.3. The van der Waals surface area contributed by atoms with Crippen LogP contribution in [0.5, 0.6) is 5.75 Å². The first-order valence-electron chi connectivity index (χ1n) is 10.5. The average molecular weight is 398 g/mol. The van der Waals surface area contributed by atoms with Crippen molar-refractivity contribution in [1.29, 1.82) is 0 Å². The number of nitrogens with one attached hydrogen (secondary N) is 1. The van der Waals surface area contributed by atoms with Gasteiger partial charge in [0.05, 0.1) is 6.61 Å². The summed E-state index contributed by atoms with van der Waals surface area (Å²) >= 11 is 0. The molecule has 0 saturated heterocycles. The Morgan fingerprint density at radius 3 is 2.41 bits per heavy atom. The average Bonchev–Trinajstić information content (AvgIpc) is 2.74. The van der Waals surface area contributed by atoms with Crippen LogP contribution in [0.3, 0.4) is 0 Å². The summed E-state index contributed by atoms with van der Waals surface area (Å²) in [6.45, 7) is 9.12. The lowest BCUT2D eigenvalue weighted by molar-refractivity contribution is 0.0823. The molecule has 2 aromatic carbocycles. The van der Waals surface area contributed by atoms with Gasteiger partial charge in [0.2, 0.25) is 0 Å². The molecule has 0 radical (unpaired) electrons. The molecule has 158 valence electrons. The SMILES string of the molecule is CCCCOc1ccc(C(C)O/C(COC)=C(\C)CNCc2ccccc2)cc1. The Morgan fingerprint density at radius 2 is 1.76 bits per heavy atom. The van der Waals surface area contributed by atoms with Crippen LogP contribution in [0, 0.1) is 0 Å². The van der Waals surface area contributed by atoms with Crippen LogP contribution in [-0.4, -0.2) is 26.9 Å². The summed E-state index contributed by atoms with van der Waals surface area (Å²) in [7, 11) is 1.70. The van der Waals surface area contributed by atoms with E-state index >= 15 is 0 Å². The second-order valence-corrected chi connectivity index (χ2v) is 7.26. The zero-order valence-electron chi connectivity index (χ0n) is 18.2. The molecule has 0 bridgehead atoms. The number of hydrogen-bond donors (Lipinski definition) is 1. The van der Waals surface area contributed by atoms with E-state index in [-0.39, 0.29) is 6.10 Å². The molecule has 0 fully saturated rings. The topological polar surface area (TPSA) is 39.7 Å². The molecule has 0 aromatic heterocycles. The van der Waals surface area contributed by atoms with E-state index in [1.165, 1.54) is 5.56 Å². The van der Waals surface area contributed by atoms with Gasteiger partial charge in [-0.05, 0) is 49.1 Å². The first-order chi connectivity index (χ1) is 14.1. The maximum absolute atomic E-state index is 6.25.